The molecule has 1 aromatic rings. The van der Waals surface area contributed by atoms with E-state index in [1.165, 1.54) is 6.42 Å². The Hall–Kier alpha value is -2.08. The number of hydrogen-bond acceptors (Lipinski definition) is 4. The van der Waals surface area contributed by atoms with E-state index in [9.17, 15) is 9.59 Å². The van der Waals surface area contributed by atoms with Crippen LogP contribution >= 0.6 is 0 Å². The van der Waals surface area contributed by atoms with Crippen molar-refractivity contribution < 1.29 is 19.1 Å². The molecule has 6 nitrogen and oxygen atoms in total. The van der Waals surface area contributed by atoms with Crippen molar-refractivity contribution in [3.8, 4) is 5.75 Å². The zero-order chi connectivity index (χ0) is 20.3. The molecule has 1 saturated carbocycles. The van der Waals surface area contributed by atoms with Crippen LogP contribution < -0.4 is 4.74 Å². The van der Waals surface area contributed by atoms with Crippen LogP contribution in [0.15, 0.2) is 24.3 Å². The molecule has 3 fully saturated rings. The van der Waals surface area contributed by atoms with Crippen LogP contribution in [-0.4, -0.2) is 67.6 Å². The Labute approximate surface area is 173 Å². The van der Waals surface area contributed by atoms with Crippen LogP contribution in [0.2, 0.25) is 0 Å². The number of hydrogen-bond donors (Lipinski definition) is 0. The van der Waals surface area contributed by atoms with Gasteiger partial charge in [-0.2, -0.15) is 0 Å². The van der Waals surface area contributed by atoms with Crippen LogP contribution in [0.5, 0.6) is 5.75 Å². The fourth-order valence-electron chi connectivity index (χ4n) is 5.03. The number of likely N-dealkylation sites (tertiary alicyclic amines) is 1. The summed E-state index contributed by atoms with van der Waals surface area (Å²) in [5.74, 6) is 1.55. The summed E-state index contributed by atoms with van der Waals surface area (Å²) in [5.41, 5.74) is 1.38. The topological polar surface area (TPSA) is 59.1 Å². The second kappa shape index (κ2) is 8.74. The van der Waals surface area contributed by atoms with Crippen molar-refractivity contribution >= 4 is 11.8 Å². The third-order valence-electron chi connectivity index (χ3n) is 7.11. The molecule has 1 spiro atoms. The van der Waals surface area contributed by atoms with Crippen LogP contribution in [0.1, 0.15) is 37.7 Å². The van der Waals surface area contributed by atoms with Gasteiger partial charge in [0.25, 0.3) is 5.91 Å². The van der Waals surface area contributed by atoms with E-state index in [1.54, 1.807) is 0 Å². The SMILES string of the molecule is Cc1cccc(OCC(=O)N2CCC3(CCC3CC(=O)N3CCOCC3)CC2)c1. The first-order valence-corrected chi connectivity index (χ1v) is 10.9. The van der Waals surface area contributed by atoms with E-state index in [0.717, 1.165) is 56.8 Å². The fourth-order valence-corrected chi connectivity index (χ4v) is 5.03. The normalized spacial score (nSPS) is 23.6. The summed E-state index contributed by atoms with van der Waals surface area (Å²) in [6.45, 7) is 6.42. The van der Waals surface area contributed by atoms with Gasteiger partial charge in [-0.25, -0.2) is 0 Å². The van der Waals surface area contributed by atoms with Crippen molar-refractivity contribution in [1.82, 2.24) is 9.80 Å². The number of piperidine rings is 1. The number of benzene rings is 1. The Morgan fingerprint density at radius 2 is 1.79 bits per heavy atom. The third kappa shape index (κ3) is 4.58. The van der Waals surface area contributed by atoms with E-state index >= 15 is 0 Å². The van der Waals surface area contributed by atoms with Crippen molar-refractivity contribution in [3.63, 3.8) is 0 Å². The molecule has 0 aromatic heterocycles. The van der Waals surface area contributed by atoms with E-state index in [4.69, 9.17) is 9.47 Å². The molecule has 1 unspecified atom stereocenters. The predicted molar refractivity (Wildman–Crippen MR) is 110 cm³/mol. The molecule has 2 heterocycles. The van der Waals surface area contributed by atoms with Gasteiger partial charge in [0.15, 0.2) is 6.61 Å². The Morgan fingerprint density at radius 1 is 1.07 bits per heavy atom. The quantitative estimate of drug-likeness (QED) is 0.762. The van der Waals surface area contributed by atoms with Gasteiger partial charge in [-0.05, 0) is 61.6 Å². The molecule has 2 aliphatic heterocycles. The lowest BCUT2D eigenvalue weighted by atomic mass is 9.54. The molecular weight excluding hydrogens is 368 g/mol. The molecule has 6 heteroatoms. The molecule has 1 aromatic carbocycles. The first-order valence-electron chi connectivity index (χ1n) is 10.9. The number of nitrogens with zero attached hydrogens (tertiary/aromatic N) is 2. The highest BCUT2D eigenvalue weighted by molar-refractivity contribution is 5.78. The maximum Gasteiger partial charge on any atom is 0.260 e. The molecule has 2 saturated heterocycles. The first kappa shape index (κ1) is 20.2. The van der Waals surface area contributed by atoms with Gasteiger partial charge in [-0.3, -0.25) is 9.59 Å². The Morgan fingerprint density at radius 3 is 2.45 bits per heavy atom. The summed E-state index contributed by atoms with van der Waals surface area (Å²) >= 11 is 0. The molecule has 0 N–H and O–H groups in total. The van der Waals surface area contributed by atoms with E-state index in [0.29, 0.717) is 25.6 Å². The van der Waals surface area contributed by atoms with Crippen LogP contribution in [-0.2, 0) is 14.3 Å². The van der Waals surface area contributed by atoms with Gasteiger partial charge in [0.2, 0.25) is 5.91 Å². The molecule has 4 rings (SSSR count). The highest BCUT2D eigenvalue weighted by Crippen LogP contribution is 2.55. The zero-order valence-corrected chi connectivity index (χ0v) is 17.4. The van der Waals surface area contributed by atoms with Crippen LogP contribution in [0, 0.1) is 18.3 Å². The minimum Gasteiger partial charge on any atom is -0.484 e. The van der Waals surface area contributed by atoms with Gasteiger partial charge in [-0.15, -0.1) is 0 Å². The second-order valence-corrected chi connectivity index (χ2v) is 8.78. The number of carbonyl (C=O) groups excluding carboxylic acids is 2. The molecule has 0 bridgehead atoms. The van der Waals surface area contributed by atoms with E-state index in [2.05, 4.69) is 0 Å². The molecule has 158 valence electrons. The number of amides is 2. The zero-order valence-electron chi connectivity index (χ0n) is 17.4. The van der Waals surface area contributed by atoms with E-state index in [-0.39, 0.29) is 23.8 Å². The third-order valence-corrected chi connectivity index (χ3v) is 7.11. The van der Waals surface area contributed by atoms with Gasteiger partial charge in [0.05, 0.1) is 13.2 Å². The summed E-state index contributed by atoms with van der Waals surface area (Å²) < 4.78 is 11.0. The molecular formula is C23H32N2O4. The molecule has 29 heavy (non-hydrogen) atoms. The van der Waals surface area contributed by atoms with Crippen molar-refractivity contribution in [2.45, 2.75) is 39.0 Å². The van der Waals surface area contributed by atoms with Gasteiger partial charge < -0.3 is 19.3 Å². The molecule has 1 atom stereocenters. The van der Waals surface area contributed by atoms with Gasteiger partial charge in [-0.1, -0.05) is 12.1 Å². The van der Waals surface area contributed by atoms with E-state index < -0.39 is 0 Å². The Bertz CT molecular complexity index is 736. The summed E-state index contributed by atoms with van der Waals surface area (Å²) in [7, 11) is 0. The molecule has 0 radical (unpaired) electrons. The fraction of sp³-hybridized carbons (Fsp3) is 0.652. The van der Waals surface area contributed by atoms with E-state index in [1.807, 2.05) is 41.0 Å². The lowest BCUT2D eigenvalue weighted by Crippen LogP contribution is -2.52. The predicted octanol–water partition coefficient (Wildman–Crippen LogP) is 2.64. The van der Waals surface area contributed by atoms with Crippen LogP contribution in [0.4, 0.5) is 0 Å². The summed E-state index contributed by atoms with van der Waals surface area (Å²) in [4.78, 5) is 29.1. The number of rotatable bonds is 5. The largest absolute Gasteiger partial charge is 0.484 e. The molecule has 3 aliphatic rings. The first-order chi connectivity index (χ1) is 14.1. The number of carbonyl (C=O) groups is 2. The highest BCUT2D eigenvalue weighted by Gasteiger charge is 2.49. The average Bonchev–Trinajstić information content (AvgIpc) is 2.75. The van der Waals surface area contributed by atoms with Crippen LogP contribution in [0.3, 0.4) is 0 Å². The summed E-state index contributed by atoms with van der Waals surface area (Å²) in [5, 5.41) is 0. The van der Waals surface area contributed by atoms with Gasteiger partial charge in [0.1, 0.15) is 5.75 Å². The average molecular weight is 401 g/mol. The summed E-state index contributed by atoms with van der Waals surface area (Å²) in [6.07, 6.45) is 5.00. The Balaban J connectivity index is 1.24. The smallest absolute Gasteiger partial charge is 0.260 e. The lowest BCUT2D eigenvalue weighted by Gasteiger charge is -2.54. The standard InChI is InChI=1S/C23H32N2O4/c1-18-3-2-4-20(15-18)29-17-22(27)24-9-7-23(8-10-24)6-5-19(23)16-21(26)25-11-13-28-14-12-25/h2-4,15,19H,5-14,16-17H2,1H3. The highest BCUT2D eigenvalue weighted by atomic mass is 16.5. The van der Waals surface area contributed by atoms with Crippen molar-refractivity contribution in [2.75, 3.05) is 46.0 Å². The maximum atomic E-state index is 12.6. The minimum atomic E-state index is 0.0571. The Kier molecular flexibility index (Phi) is 6.09. The van der Waals surface area contributed by atoms with Gasteiger partial charge >= 0.3 is 0 Å². The maximum absolute atomic E-state index is 12.6. The number of morpholine rings is 1. The molecule has 1 aliphatic carbocycles. The van der Waals surface area contributed by atoms with Gasteiger partial charge in [0, 0.05) is 32.6 Å². The molecule has 2 amide bonds. The summed E-state index contributed by atoms with van der Waals surface area (Å²) in [6, 6.07) is 7.78. The second-order valence-electron chi connectivity index (χ2n) is 8.78. The van der Waals surface area contributed by atoms with Crippen LogP contribution in [0.25, 0.3) is 0 Å². The number of ether oxygens (including phenoxy) is 2. The van der Waals surface area contributed by atoms with Crippen molar-refractivity contribution in [1.29, 1.82) is 0 Å². The number of aryl methyl sites for hydroxylation is 1. The van der Waals surface area contributed by atoms with Crippen molar-refractivity contribution in [3.05, 3.63) is 29.8 Å². The van der Waals surface area contributed by atoms with Crippen molar-refractivity contribution in [2.24, 2.45) is 11.3 Å². The minimum absolute atomic E-state index is 0.0571. The lowest BCUT2D eigenvalue weighted by molar-refractivity contribution is -0.145. The monoisotopic (exact) mass is 400 g/mol.